The molecule has 0 atom stereocenters. The molecule has 3 rings (SSSR count). The second kappa shape index (κ2) is 10.1. The fraction of sp³-hybridized carbons (Fsp3) is 0.190. The number of Topliss-reactive ketones (excluding diaryl/α,β-unsaturated/α-hetero) is 1. The number of carbonyl (C=O) groups excluding carboxylic acids is 2. The first-order valence-corrected chi connectivity index (χ1v) is 10.1. The predicted molar refractivity (Wildman–Crippen MR) is 118 cm³/mol. The van der Waals surface area contributed by atoms with Gasteiger partial charge in [0.1, 0.15) is 0 Å². The summed E-state index contributed by atoms with van der Waals surface area (Å²) in [5.74, 6) is -0.418. The summed E-state index contributed by atoms with van der Waals surface area (Å²) in [5, 5.41) is 4.59. The van der Waals surface area contributed by atoms with Gasteiger partial charge in [-0.15, -0.1) is 23.2 Å². The van der Waals surface area contributed by atoms with E-state index in [0.29, 0.717) is 35.8 Å². The van der Waals surface area contributed by atoms with Gasteiger partial charge in [0.05, 0.1) is 11.8 Å². The van der Waals surface area contributed by atoms with Crippen LogP contribution in [0.15, 0.2) is 59.8 Å². The SMILES string of the molecule is O=C(N/N=C/c1ccc(N(CCCl)CCCl)cc1)C(=O)c1c[nH]c2ccccc12. The van der Waals surface area contributed by atoms with Crippen molar-refractivity contribution in [1.29, 1.82) is 0 Å². The number of benzene rings is 2. The van der Waals surface area contributed by atoms with Gasteiger partial charge in [-0.1, -0.05) is 30.3 Å². The number of aromatic nitrogens is 1. The summed E-state index contributed by atoms with van der Waals surface area (Å²) in [7, 11) is 0. The number of anilines is 1. The molecule has 0 aliphatic rings. The van der Waals surface area contributed by atoms with Crippen LogP contribution >= 0.6 is 23.2 Å². The van der Waals surface area contributed by atoms with Crippen LogP contribution in [0.4, 0.5) is 5.69 Å². The Balaban J connectivity index is 1.61. The number of halogens is 2. The van der Waals surface area contributed by atoms with Gasteiger partial charge in [0.25, 0.3) is 5.78 Å². The Morgan fingerprint density at radius 2 is 1.72 bits per heavy atom. The van der Waals surface area contributed by atoms with Gasteiger partial charge in [0.15, 0.2) is 0 Å². The lowest BCUT2D eigenvalue weighted by atomic mass is 10.1. The molecule has 0 radical (unpaired) electrons. The van der Waals surface area contributed by atoms with E-state index < -0.39 is 11.7 Å². The van der Waals surface area contributed by atoms with E-state index in [1.54, 1.807) is 6.07 Å². The molecule has 0 aliphatic carbocycles. The molecular formula is C21H20Cl2N4O2. The van der Waals surface area contributed by atoms with Crippen molar-refractivity contribution in [1.82, 2.24) is 10.4 Å². The molecule has 0 unspecified atom stereocenters. The van der Waals surface area contributed by atoms with Crippen molar-refractivity contribution in [3.05, 3.63) is 65.9 Å². The molecule has 0 fully saturated rings. The molecule has 0 bridgehead atoms. The minimum atomic E-state index is -0.793. The topological polar surface area (TPSA) is 77.6 Å². The van der Waals surface area contributed by atoms with Crippen LogP contribution in [0.1, 0.15) is 15.9 Å². The van der Waals surface area contributed by atoms with Crippen LogP contribution in [0.2, 0.25) is 0 Å². The van der Waals surface area contributed by atoms with E-state index in [1.165, 1.54) is 12.4 Å². The second-order valence-electron chi connectivity index (χ2n) is 6.23. The number of hydrogen-bond acceptors (Lipinski definition) is 4. The number of para-hydroxylation sites is 1. The Bertz CT molecular complexity index is 1010. The summed E-state index contributed by atoms with van der Waals surface area (Å²) in [6.07, 6.45) is 3.01. The Hall–Kier alpha value is -2.83. The number of nitrogens with zero attached hydrogens (tertiary/aromatic N) is 2. The standard InChI is InChI=1S/C21H20Cl2N4O2/c22-9-11-27(12-10-23)16-7-5-15(6-8-16)13-25-26-21(29)20(28)18-14-24-19-4-2-1-3-17(18)19/h1-8,13-14,24H,9-12H2,(H,26,29)/b25-13+. The van der Waals surface area contributed by atoms with Crippen molar-refractivity contribution in [3.63, 3.8) is 0 Å². The van der Waals surface area contributed by atoms with Crippen LogP contribution in [0.25, 0.3) is 10.9 Å². The number of H-pyrrole nitrogens is 1. The van der Waals surface area contributed by atoms with E-state index in [4.69, 9.17) is 23.2 Å². The Morgan fingerprint density at radius 3 is 2.41 bits per heavy atom. The van der Waals surface area contributed by atoms with Gasteiger partial charge in [-0.25, -0.2) is 5.43 Å². The molecule has 8 heteroatoms. The summed E-state index contributed by atoms with van der Waals surface area (Å²) in [6, 6.07) is 14.9. The van der Waals surface area contributed by atoms with Gasteiger partial charge >= 0.3 is 5.91 Å². The maximum Gasteiger partial charge on any atom is 0.312 e. The van der Waals surface area contributed by atoms with Gasteiger partial charge in [0, 0.05) is 47.6 Å². The van der Waals surface area contributed by atoms with Crippen LogP contribution in [-0.2, 0) is 4.79 Å². The molecule has 6 nitrogen and oxygen atoms in total. The molecule has 0 saturated carbocycles. The van der Waals surface area contributed by atoms with Crippen molar-refractivity contribution in [3.8, 4) is 0 Å². The third-order valence-electron chi connectivity index (χ3n) is 4.39. The molecule has 0 aliphatic heterocycles. The number of fused-ring (bicyclic) bond motifs is 1. The number of ketones is 1. The highest BCUT2D eigenvalue weighted by molar-refractivity contribution is 6.44. The summed E-state index contributed by atoms with van der Waals surface area (Å²) in [5.41, 5.74) is 5.18. The van der Waals surface area contributed by atoms with Crippen molar-refractivity contribution in [2.45, 2.75) is 0 Å². The summed E-state index contributed by atoms with van der Waals surface area (Å²) >= 11 is 11.7. The number of amides is 1. The minimum Gasteiger partial charge on any atom is -0.369 e. The lowest BCUT2D eigenvalue weighted by molar-refractivity contribution is -0.116. The minimum absolute atomic E-state index is 0.316. The van der Waals surface area contributed by atoms with Crippen LogP contribution in [0, 0.1) is 0 Å². The zero-order chi connectivity index (χ0) is 20.6. The molecular weight excluding hydrogens is 411 g/mol. The fourth-order valence-electron chi connectivity index (χ4n) is 2.94. The molecule has 0 spiro atoms. The Morgan fingerprint density at radius 1 is 1.03 bits per heavy atom. The molecule has 2 aromatic carbocycles. The lowest BCUT2D eigenvalue weighted by Gasteiger charge is -2.22. The molecule has 1 amide bonds. The third kappa shape index (κ3) is 5.16. The number of hydrazone groups is 1. The normalized spacial score (nSPS) is 11.1. The molecule has 150 valence electrons. The summed E-state index contributed by atoms with van der Waals surface area (Å²) in [6.45, 7) is 1.40. The van der Waals surface area contributed by atoms with E-state index in [0.717, 1.165) is 16.8 Å². The smallest absolute Gasteiger partial charge is 0.312 e. The van der Waals surface area contributed by atoms with Crippen molar-refractivity contribution >= 4 is 57.7 Å². The van der Waals surface area contributed by atoms with Gasteiger partial charge in [-0.05, 0) is 23.8 Å². The van der Waals surface area contributed by atoms with Crippen LogP contribution in [-0.4, -0.2) is 47.7 Å². The first-order valence-electron chi connectivity index (χ1n) is 9.05. The van der Waals surface area contributed by atoms with E-state index in [-0.39, 0.29) is 0 Å². The van der Waals surface area contributed by atoms with E-state index in [2.05, 4.69) is 20.4 Å². The molecule has 3 aromatic rings. The highest BCUT2D eigenvalue weighted by Crippen LogP contribution is 2.18. The van der Waals surface area contributed by atoms with Gasteiger partial charge in [0.2, 0.25) is 0 Å². The average Bonchev–Trinajstić information content (AvgIpc) is 3.17. The third-order valence-corrected chi connectivity index (χ3v) is 4.72. The number of aromatic amines is 1. The molecule has 0 saturated heterocycles. The van der Waals surface area contributed by atoms with Gasteiger partial charge < -0.3 is 9.88 Å². The van der Waals surface area contributed by atoms with E-state index in [9.17, 15) is 9.59 Å². The first kappa shape index (κ1) is 20.9. The molecule has 1 aromatic heterocycles. The maximum atomic E-state index is 12.4. The highest BCUT2D eigenvalue weighted by atomic mass is 35.5. The Labute approximate surface area is 178 Å². The number of nitrogens with one attached hydrogen (secondary N) is 2. The van der Waals surface area contributed by atoms with Crippen LogP contribution in [0.3, 0.4) is 0 Å². The van der Waals surface area contributed by atoms with Crippen LogP contribution < -0.4 is 10.3 Å². The maximum absolute atomic E-state index is 12.4. The van der Waals surface area contributed by atoms with Gasteiger partial charge in [-0.2, -0.15) is 5.10 Å². The predicted octanol–water partition coefficient (Wildman–Crippen LogP) is 3.78. The number of alkyl halides is 2. The second-order valence-corrected chi connectivity index (χ2v) is 6.99. The average molecular weight is 431 g/mol. The largest absolute Gasteiger partial charge is 0.369 e. The number of carbonyl (C=O) groups is 2. The lowest BCUT2D eigenvalue weighted by Crippen LogP contribution is -2.27. The zero-order valence-corrected chi connectivity index (χ0v) is 17.1. The molecule has 29 heavy (non-hydrogen) atoms. The van der Waals surface area contributed by atoms with E-state index in [1.807, 2.05) is 42.5 Å². The van der Waals surface area contributed by atoms with Crippen molar-refractivity contribution < 1.29 is 9.59 Å². The van der Waals surface area contributed by atoms with Gasteiger partial charge in [-0.3, -0.25) is 9.59 Å². The quantitative estimate of drug-likeness (QED) is 0.178. The fourth-order valence-corrected chi connectivity index (χ4v) is 3.35. The number of rotatable bonds is 9. The molecule has 1 heterocycles. The van der Waals surface area contributed by atoms with Crippen molar-refractivity contribution in [2.75, 3.05) is 29.7 Å². The van der Waals surface area contributed by atoms with Crippen molar-refractivity contribution in [2.24, 2.45) is 5.10 Å². The molecule has 2 N–H and O–H groups in total. The first-order chi connectivity index (χ1) is 14.1. The summed E-state index contributed by atoms with van der Waals surface area (Å²) < 4.78 is 0. The highest BCUT2D eigenvalue weighted by Gasteiger charge is 2.19. The number of hydrogen-bond donors (Lipinski definition) is 2. The zero-order valence-electron chi connectivity index (χ0n) is 15.6. The van der Waals surface area contributed by atoms with Crippen LogP contribution in [0.5, 0.6) is 0 Å². The monoisotopic (exact) mass is 430 g/mol. The Kier molecular flexibility index (Phi) is 7.27. The van der Waals surface area contributed by atoms with E-state index >= 15 is 0 Å². The summed E-state index contributed by atoms with van der Waals surface area (Å²) in [4.78, 5) is 29.6.